The molecular formula is C28H36ClN7O2. The van der Waals surface area contributed by atoms with Crippen LogP contribution < -0.4 is 20.3 Å². The SMILES string of the molecule is N#Cc1ccc(O[C@H]2CC[C@H](NC(=O)c3cnc(N4CCN(CC5CCNCC5)CC4)cn3)CC2)cc1Cl. The summed E-state index contributed by atoms with van der Waals surface area (Å²) in [4.78, 5) is 26.6. The van der Waals surface area contributed by atoms with E-state index in [0.29, 0.717) is 22.0 Å². The molecule has 202 valence electrons. The van der Waals surface area contributed by atoms with Gasteiger partial charge in [-0.15, -0.1) is 0 Å². The molecule has 10 heteroatoms. The van der Waals surface area contributed by atoms with Crippen molar-refractivity contribution in [2.45, 2.75) is 50.7 Å². The fourth-order valence-corrected chi connectivity index (χ4v) is 5.84. The zero-order chi connectivity index (χ0) is 26.3. The van der Waals surface area contributed by atoms with Gasteiger partial charge < -0.3 is 20.3 Å². The van der Waals surface area contributed by atoms with Gasteiger partial charge in [-0.3, -0.25) is 9.69 Å². The number of nitriles is 1. The van der Waals surface area contributed by atoms with E-state index in [1.165, 1.54) is 19.4 Å². The van der Waals surface area contributed by atoms with Gasteiger partial charge in [-0.2, -0.15) is 5.26 Å². The van der Waals surface area contributed by atoms with Crippen molar-refractivity contribution in [3.05, 3.63) is 46.9 Å². The molecule has 0 unspecified atom stereocenters. The lowest BCUT2D eigenvalue weighted by Crippen LogP contribution is -2.49. The third kappa shape index (κ3) is 6.93. The summed E-state index contributed by atoms with van der Waals surface area (Å²) in [6, 6.07) is 7.27. The molecular weight excluding hydrogens is 502 g/mol. The molecule has 5 rings (SSSR count). The maximum absolute atomic E-state index is 12.8. The highest BCUT2D eigenvalue weighted by atomic mass is 35.5. The Hall–Kier alpha value is -2.93. The molecule has 2 saturated heterocycles. The number of ether oxygens (including phenoxy) is 1. The number of carbonyl (C=O) groups excluding carboxylic acids is 1. The summed E-state index contributed by atoms with van der Waals surface area (Å²) in [6.45, 7) is 7.43. The Labute approximate surface area is 229 Å². The molecule has 3 fully saturated rings. The first-order valence-electron chi connectivity index (χ1n) is 13.7. The number of nitrogens with zero attached hydrogens (tertiary/aromatic N) is 5. The second-order valence-corrected chi connectivity index (χ2v) is 11.0. The van der Waals surface area contributed by atoms with E-state index in [0.717, 1.165) is 76.7 Å². The van der Waals surface area contributed by atoms with Crippen LogP contribution in [0, 0.1) is 17.2 Å². The van der Waals surface area contributed by atoms with Gasteiger partial charge in [0, 0.05) is 44.8 Å². The number of piperidine rings is 1. The maximum Gasteiger partial charge on any atom is 0.271 e. The Kier molecular flexibility index (Phi) is 8.94. The number of hydrogen-bond acceptors (Lipinski definition) is 8. The number of nitrogens with one attached hydrogen (secondary N) is 2. The van der Waals surface area contributed by atoms with Crippen molar-refractivity contribution >= 4 is 23.3 Å². The second kappa shape index (κ2) is 12.7. The van der Waals surface area contributed by atoms with Crippen LogP contribution in [0.3, 0.4) is 0 Å². The smallest absolute Gasteiger partial charge is 0.271 e. The van der Waals surface area contributed by atoms with Crippen molar-refractivity contribution in [2.75, 3.05) is 50.7 Å². The van der Waals surface area contributed by atoms with Crippen molar-refractivity contribution < 1.29 is 9.53 Å². The van der Waals surface area contributed by atoms with Crippen molar-refractivity contribution in [3.8, 4) is 11.8 Å². The minimum atomic E-state index is -0.181. The van der Waals surface area contributed by atoms with Crippen LogP contribution in [-0.2, 0) is 0 Å². The molecule has 2 N–H and O–H groups in total. The summed E-state index contributed by atoms with van der Waals surface area (Å²) < 4.78 is 6.05. The first-order valence-corrected chi connectivity index (χ1v) is 14.1. The van der Waals surface area contributed by atoms with Crippen molar-refractivity contribution in [1.29, 1.82) is 5.26 Å². The summed E-state index contributed by atoms with van der Waals surface area (Å²) in [5.74, 6) is 2.13. The van der Waals surface area contributed by atoms with Crippen LogP contribution in [0.1, 0.15) is 54.6 Å². The predicted octanol–water partition coefficient (Wildman–Crippen LogP) is 3.24. The van der Waals surface area contributed by atoms with Crippen molar-refractivity contribution in [1.82, 2.24) is 25.5 Å². The molecule has 9 nitrogen and oxygen atoms in total. The van der Waals surface area contributed by atoms with Gasteiger partial charge >= 0.3 is 0 Å². The van der Waals surface area contributed by atoms with Crippen LogP contribution in [0.15, 0.2) is 30.6 Å². The van der Waals surface area contributed by atoms with Crippen LogP contribution in [0.4, 0.5) is 5.82 Å². The zero-order valence-corrected chi connectivity index (χ0v) is 22.5. The molecule has 0 atom stereocenters. The molecule has 1 aromatic heterocycles. The number of piperazine rings is 1. The van der Waals surface area contributed by atoms with E-state index in [1.54, 1.807) is 30.6 Å². The third-order valence-corrected chi connectivity index (χ3v) is 8.23. The largest absolute Gasteiger partial charge is 0.490 e. The van der Waals surface area contributed by atoms with Gasteiger partial charge in [-0.1, -0.05) is 11.6 Å². The van der Waals surface area contributed by atoms with Crippen molar-refractivity contribution in [3.63, 3.8) is 0 Å². The highest BCUT2D eigenvalue weighted by molar-refractivity contribution is 6.31. The van der Waals surface area contributed by atoms with Crippen LogP contribution in [0.25, 0.3) is 0 Å². The topological polar surface area (TPSA) is 106 Å². The second-order valence-electron chi connectivity index (χ2n) is 10.6. The van der Waals surface area contributed by atoms with E-state index >= 15 is 0 Å². The molecule has 3 heterocycles. The van der Waals surface area contributed by atoms with E-state index in [9.17, 15) is 4.79 Å². The molecule has 38 heavy (non-hydrogen) atoms. The Morgan fingerprint density at radius 1 is 1.08 bits per heavy atom. The van der Waals surface area contributed by atoms with Crippen molar-refractivity contribution in [2.24, 2.45) is 5.92 Å². The molecule has 0 radical (unpaired) electrons. The number of carbonyl (C=O) groups is 1. The van der Waals surface area contributed by atoms with E-state index in [1.807, 2.05) is 0 Å². The molecule has 0 bridgehead atoms. The Bertz CT molecular complexity index is 1120. The molecule has 1 aromatic carbocycles. The normalized spacial score (nSPS) is 23.0. The standard InChI is InChI=1S/C28H36ClN7O2/c29-25-15-24(4-1-21(25)16-30)38-23-5-2-22(3-6-23)34-28(37)26-17-33-27(18-32-26)36-13-11-35(12-14-36)19-20-7-9-31-10-8-20/h1,4,15,17-18,20,22-23,31H,2-3,5-14,19H2,(H,34,37)/t22-,23-. The van der Waals surface area contributed by atoms with Gasteiger partial charge in [0.1, 0.15) is 23.3 Å². The fourth-order valence-electron chi connectivity index (χ4n) is 5.63. The highest BCUT2D eigenvalue weighted by Gasteiger charge is 2.26. The summed E-state index contributed by atoms with van der Waals surface area (Å²) in [5.41, 5.74) is 0.788. The minimum absolute atomic E-state index is 0.0615. The minimum Gasteiger partial charge on any atom is -0.490 e. The fraction of sp³-hybridized carbons (Fsp3) is 0.571. The number of anilines is 1. The summed E-state index contributed by atoms with van der Waals surface area (Å²) in [6.07, 6.45) is 9.25. The quantitative estimate of drug-likeness (QED) is 0.554. The zero-order valence-electron chi connectivity index (χ0n) is 21.7. The van der Waals surface area contributed by atoms with Crippen LogP contribution in [0.5, 0.6) is 5.75 Å². The Morgan fingerprint density at radius 3 is 2.50 bits per heavy atom. The molecule has 2 aliphatic heterocycles. The first kappa shape index (κ1) is 26.7. The predicted molar refractivity (Wildman–Crippen MR) is 147 cm³/mol. The molecule has 1 saturated carbocycles. The number of benzene rings is 1. The van der Waals surface area contributed by atoms with Crippen LogP contribution in [-0.4, -0.2) is 78.7 Å². The van der Waals surface area contributed by atoms with Crippen LogP contribution >= 0.6 is 11.6 Å². The van der Waals surface area contributed by atoms with Gasteiger partial charge in [-0.25, -0.2) is 9.97 Å². The lowest BCUT2D eigenvalue weighted by atomic mass is 9.93. The van der Waals surface area contributed by atoms with Gasteiger partial charge in [0.25, 0.3) is 5.91 Å². The first-order chi connectivity index (χ1) is 18.6. The van der Waals surface area contributed by atoms with E-state index in [-0.39, 0.29) is 18.1 Å². The average Bonchev–Trinajstić information content (AvgIpc) is 2.95. The average molecular weight is 538 g/mol. The summed E-state index contributed by atoms with van der Waals surface area (Å²) in [5, 5.41) is 16.0. The number of halogens is 1. The third-order valence-electron chi connectivity index (χ3n) is 7.92. The van der Waals surface area contributed by atoms with E-state index in [2.05, 4.69) is 36.5 Å². The van der Waals surface area contributed by atoms with Gasteiger partial charge in [0.15, 0.2) is 0 Å². The number of amides is 1. The lowest BCUT2D eigenvalue weighted by molar-refractivity contribution is 0.0888. The molecule has 1 aliphatic carbocycles. The van der Waals surface area contributed by atoms with Gasteiger partial charge in [0.2, 0.25) is 0 Å². The van der Waals surface area contributed by atoms with E-state index in [4.69, 9.17) is 21.6 Å². The van der Waals surface area contributed by atoms with Gasteiger partial charge in [-0.05, 0) is 69.7 Å². The summed E-state index contributed by atoms with van der Waals surface area (Å²) >= 11 is 6.11. The van der Waals surface area contributed by atoms with Gasteiger partial charge in [0.05, 0.1) is 29.1 Å². The Balaban J connectivity index is 1.04. The maximum atomic E-state index is 12.8. The monoisotopic (exact) mass is 537 g/mol. The molecule has 1 amide bonds. The van der Waals surface area contributed by atoms with Crippen LogP contribution in [0.2, 0.25) is 5.02 Å². The number of hydrogen-bond donors (Lipinski definition) is 2. The lowest BCUT2D eigenvalue weighted by Gasteiger charge is -2.37. The summed E-state index contributed by atoms with van der Waals surface area (Å²) in [7, 11) is 0. The number of aromatic nitrogens is 2. The van der Waals surface area contributed by atoms with E-state index < -0.39 is 0 Å². The Morgan fingerprint density at radius 2 is 1.84 bits per heavy atom. The molecule has 3 aliphatic rings. The molecule has 0 spiro atoms. The number of rotatable bonds is 7. The highest BCUT2D eigenvalue weighted by Crippen LogP contribution is 2.27. The molecule has 2 aromatic rings.